The smallest absolute Gasteiger partial charge is 0.488 e. The molecule has 1 saturated heterocycles. The Morgan fingerprint density at radius 3 is 2.51 bits per heavy atom. The van der Waals surface area contributed by atoms with Gasteiger partial charge < -0.3 is 15.2 Å². The number of amides is 2. The minimum Gasteiger partial charge on any atom is -0.508 e. The van der Waals surface area contributed by atoms with Gasteiger partial charge in [-0.25, -0.2) is 0 Å². The molecule has 1 heterocycles. The second-order valence-corrected chi connectivity index (χ2v) is 11.3. The van der Waals surface area contributed by atoms with Gasteiger partial charge in [0.25, 0.3) is 0 Å². The molecule has 39 heavy (non-hydrogen) atoms. The van der Waals surface area contributed by atoms with Crippen LogP contribution in [0.5, 0.6) is 5.75 Å². The van der Waals surface area contributed by atoms with Gasteiger partial charge in [-0.2, -0.15) is 0 Å². The molecule has 2 amide bonds. The number of rotatable bonds is 3. The number of Topliss-reactive ketones (excluding diaryl/α,β-unsaturated/α-hetero) is 1. The van der Waals surface area contributed by atoms with E-state index < -0.39 is 42.6 Å². The van der Waals surface area contributed by atoms with Crippen LogP contribution in [0.4, 0.5) is 5.69 Å². The van der Waals surface area contributed by atoms with E-state index in [9.17, 15) is 34.3 Å². The van der Waals surface area contributed by atoms with Gasteiger partial charge in [0.1, 0.15) is 5.75 Å². The van der Waals surface area contributed by atoms with Crippen molar-refractivity contribution >= 4 is 57.6 Å². The summed E-state index contributed by atoms with van der Waals surface area (Å²) in [5.41, 5.74) is 2.51. The maximum atomic E-state index is 13.9. The first-order valence-corrected chi connectivity index (χ1v) is 13.4. The number of halogens is 1. The quantitative estimate of drug-likeness (QED) is 0.217. The molecular formula is C29H23BBrNO7. The summed E-state index contributed by atoms with van der Waals surface area (Å²) in [6, 6.07) is 10.9. The van der Waals surface area contributed by atoms with Gasteiger partial charge in [-0.15, -0.1) is 0 Å². The zero-order chi connectivity index (χ0) is 27.7. The number of imide groups is 1. The van der Waals surface area contributed by atoms with Gasteiger partial charge in [-0.1, -0.05) is 39.7 Å². The van der Waals surface area contributed by atoms with Crippen molar-refractivity contribution in [2.75, 3.05) is 4.90 Å². The Morgan fingerprint density at radius 2 is 1.77 bits per heavy atom. The maximum absolute atomic E-state index is 13.9. The summed E-state index contributed by atoms with van der Waals surface area (Å²) in [5, 5.41) is 30.1. The van der Waals surface area contributed by atoms with E-state index in [1.807, 2.05) is 6.08 Å². The number of fused-ring (bicyclic) bond motifs is 3. The van der Waals surface area contributed by atoms with Crippen molar-refractivity contribution in [3.05, 3.63) is 86.9 Å². The van der Waals surface area contributed by atoms with Crippen LogP contribution in [0.25, 0.3) is 0 Å². The van der Waals surface area contributed by atoms with Gasteiger partial charge in [0.15, 0.2) is 11.6 Å². The molecule has 2 aromatic carbocycles. The lowest BCUT2D eigenvalue weighted by atomic mass is 9.59. The fourth-order valence-corrected chi connectivity index (χ4v) is 6.93. The lowest BCUT2D eigenvalue weighted by Gasteiger charge is -2.42. The second kappa shape index (κ2) is 9.26. The minimum absolute atomic E-state index is 0.0407. The molecule has 0 spiro atoms. The molecule has 4 aliphatic rings. The molecule has 6 rings (SSSR count). The van der Waals surface area contributed by atoms with Gasteiger partial charge in [0, 0.05) is 32.7 Å². The van der Waals surface area contributed by atoms with E-state index >= 15 is 0 Å². The van der Waals surface area contributed by atoms with Crippen molar-refractivity contribution < 1.29 is 34.3 Å². The monoisotopic (exact) mass is 587 g/mol. The van der Waals surface area contributed by atoms with Crippen LogP contribution in [0.15, 0.2) is 81.4 Å². The third-order valence-electron chi connectivity index (χ3n) is 8.29. The molecular weight excluding hydrogens is 565 g/mol. The highest BCUT2D eigenvalue weighted by molar-refractivity contribution is 9.10. The van der Waals surface area contributed by atoms with Crippen molar-refractivity contribution in [1.29, 1.82) is 0 Å². The van der Waals surface area contributed by atoms with Crippen molar-refractivity contribution in [3.63, 3.8) is 0 Å². The average Bonchev–Trinajstić information content (AvgIpc) is 3.17. The van der Waals surface area contributed by atoms with Crippen LogP contribution in [-0.4, -0.2) is 45.7 Å². The van der Waals surface area contributed by atoms with Crippen molar-refractivity contribution in [2.45, 2.75) is 25.7 Å². The molecule has 3 aliphatic carbocycles. The highest BCUT2D eigenvalue weighted by atomic mass is 79.9. The first-order valence-electron chi connectivity index (χ1n) is 12.6. The normalized spacial score (nSPS) is 26.2. The Bertz CT molecular complexity index is 1590. The Labute approximate surface area is 232 Å². The fraction of sp³-hybridized carbons (Fsp3) is 0.241. The van der Waals surface area contributed by atoms with Crippen molar-refractivity contribution in [1.82, 2.24) is 0 Å². The summed E-state index contributed by atoms with van der Waals surface area (Å²) < 4.78 is 0.681. The number of carbonyl (C=O) groups is 4. The predicted molar refractivity (Wildman–Crippen MR) is 146 cm³/mol. The van der Waals surface area contributed by atoms with Crippen LogP contribution in [0.1, 0.15) is 31.2 Å². The molecule has 8 nitrogen and oxygen atoms in total. The molecule has 196 valence electrons. The van der Waals surface area contributed by atoms with Crippen LogP contribution < -0.4 is 10.4 Å². The summed E-state index contributed by atoms with van der Waals surface area (Å²) in [4.78, 5) is 55.3. The molecule has 0 bridgehead atoms. The van der Waals surface area contributed by atoms with Crippen LogP contribution in [-0.2, 0) is 19.2 Å². The van der Waals surface area contributed by atoms with E-state index in [2.05, 4.69) is 15.9 Å². The summed E-state index contributed by atoms with van der Waals surface area (Å²) >= 11 is 3.44. The zero-order valence-electron chi connectivity index (χ0n) is 20.8. The van der Waals surface area contributed by atoms with Crippen molar-refractivity contribution in [3.8, 4) is 5.75 Å². The van der Waals surface area contributed by atoms with Gasteiger partial charge in [0.05, 0.1) is 17.5 Å². The summed E-state index contributed by atoms with van der Waals surface area (Å²) in [7, 11) is -1.76. The van der Waals surface area contributed by atoms with E-state index in [-0.39, 0.29) is 41.3 Å². The van der Waals surface area contributed by atoms with Gasteiger partial charge >= 0.3 is 7.12 Å². The first-order chi connectivity index (χ1) is 18.6. The molecule has 4 atom stereocenters. The van der Waals surface area contributed by atoms with Crippen molar-refractivity contribution in [2.24, 2.45) is 17.8 Å². The molecule has 4 unspecified atom stereocenters. The van der Waals surface area contributed by atoms with Crippen LogP contribution in [0.3, 0.4) is 0 Å². The number of ketones is 2. The molecule has 0 saturated carbocycles. The van der Waals surface area contributed by atoms with Crippen LogP contribution in [0.2, 0.25) is 0 Å². The Hall–Kier alpha value is -3.60. The lowest BCUT2D eigenvalue weighted by molar-refractivity contribution is -0.123. The van der Waals surface area contributed by atoms with E-state index in [1.165, 1.54) is 24.3 Å². The number of allylic oxidation sites excluding steroid dienone is 6. The number of phenolic OH excluding ortho intramolecular Hbond substituents is 1. The summed E-state index contributed by atoms with van der Waals surface area (Å²) in [6.45, 7) is 1.59. The first kappa shape index (κ1) is 25.7. The molecule has 0 radical (unpaired) electrons. The third-order valence-corrected chi connectivity index (χ3v) is 8.79. The molecule has 1 aliphatic heterocycles. The third kappa shape index (κ3) is 3.89. The maximum Gasteiger partial charge on any atom is 0.488 e. The Kier molecular flexibility index (Phi) is 6.09. The molecule has 3 N–H and O–H groups in total. The SMILES string of the molecule is CC1=CC(=O)C2=C(C1=O)C(c1cc(Br)ccc1O)C1=CCC3C(=O)N(c4cccc(B(O)O)c4)C(=O)C3C1C2. The summed E-state index contributed by atoms with van der Waals surface area (Å²) in [5.74, 6) is -4.18. The number of hydrogen-bond acceptors (Lipinski definition) is 7. The van der Waals surface area contributed by atoms with E-state index in [0.29, 0.717) is 26.8 Å². The highest BCUT2D eigenvalue weighted by Gasteiger charge is 2.56. The standard InChI is InChI=1S/C29H23BBrNO7/c1-13-9-23(34)21-12-19-17(24(26(21)27(13)35)20-11-15(31)5-8-22(20)33)6-7-18-25(19)29(37)32(28(18)36)16-4-2-3-14(10-16)30(38)39/h2-6,8-11,18-19,24-25,33,38-39H,7,12H2,1H3. The number of carbonyl (C=O) groups excluding carboxylic acids is 4. The van der Waals surface area contributed by atoms with E-state index in [1.54, 1.807) is 31.2 Å². The second-order valence-electron chi connectivity index (χ2n) is 10.4. The topological polar surface area (TPSA) is 132 Å². The Morgan fingerprint density at radius 1 is 1.00 bits per heavy atom. The largest absolute Gasteiger partial charge is 0.508 e. The van der Waals surface area contributed by atoms with Gasteiger partial charge in [-0.05, 0) is 67.6 Å². The number of phenols is 1. The van der Waals surface area contributed by atoms with Crippen LogP contribution in [0, 0.1) is 17.8 Å². The van der Waals surface area contributed by atoms with Gasteiger partial charge in [-0.3, -0.25) is 24.1 Å². The van der Waals surface area contributed by atoms with E-state index in [4.69, 9.17) is 0 Å². The van der Waals surface area contributed by atoms with E-state index in [0.717, 1.165) is 10.5 Å². The number of hydrogen-bond donors (Lipinski definition) is 3. The lowest BCUT2D eigenvalue weighted by Crippen LogP contribution is -2.40. The fourth-order valence-electron chi connectivity index (χ4n) is 6.55. The predicted octanol–water partition coefficient (Wildman–Crippen LogP) is 2.47. The highest BCUT2D eigenvalue weighted by Crippen LogP contribution is 2.56. The molecule has 1 fully saturated rings. The number of nitrogens with zero attached hydrogens (tertiary/aromatic N) is 1. The minimum atomic E-state index is -1.76. The summed E-state index contributed by atoms with van der Waals surface area (Å²) in [6.07, 6.45) is 3.58. The van der Waals surface area contributed by atoms with Crippen LogP contribution >= 0.6 is 15.9 Å². The number of aromatic hydroxyl groups is 1. The molecule has 10 heteroatoms. The zero-order valence-corrected chi connectivity index (χ0v) is 22.4. The van der Waals surface area contributed by atoms with Gasteiger partial charge in [0.2, 0.25) is 11.8 Å². The number of anilines is 1. The molecule has 0 aromatic heterocycles. The average molecular weight is 588 g/mol. The molecule has 2 aromatic rings. The Balaban J connectivity index is 1.49. The number of benzene rings is 2.